The second kappa shape index (κ2) is 15.5. The number of aliphatic hydroxyl groups excluding tert-OH is 8. The molecule has 0 amide bonds. The molecule has 10 N–H and O–H groups in total. The van der Waals surface area contributed by atoms with Crippen LogP contribution in [0.1, 0.15) is 57.4 Å². The van der Waals surface area contributed by atoms with Crippen LogP contribution in [0, 0.1) is 0 Å². The zero-order valence-electron chi connectivity index (χ0n) is 23.0. The number of aromatic hydroxyl groups is 2. The lowest BCUT2D eigenvalue weighted by atomic mass is 9.98. The standard InChI is InChI=1S/C27H44O14/c1-2-3-4-5-6-7-8-9-13-24(40-26-22(36)20(34)18(32)16(11-28)38-26)14(30)10-15(31)25(13)41-27-23(37)21(35)19(33)17(12-29)39-27/h10,16-23,26-37H,2-9,11-12H2,1H3. The van der Waals surface area contributed by atoms with Gasteiger partial charge in [0, 0.05) is 11.6 Å². The van der Waals surface area contributed by atoms with E-state index in [1.54, 1.807) is 0 Å². The Labute approximate surface area is 237 Å². The first-order valence-electron chi connectivity index (χ1n) is 14.1. The quantitative estimate of drug-likeness (QED) is 0.114. The minimum atomic E-state index is -1.79. The topological polar surface area (TPSA) is 239 Å². The number of aliphatic hydroxyl groups is 8. The molecule has 2 heterocycles. The Morgan fingerprint density at radius 2 is 1.02 bits per heavy atom. The predicted octanol–water partition coefficient (Wildman–Crippen LogP) is -1.25. The van der Waals surface area contributed by atoms with E-state index in [0.29, 0.717) is 6.42 Å². The first kappa shape index (κ1) is 33.5. The van der Waals surface area contributed by atoms with E-state index < -0.39 is 86.1 Å². The third-order valence-corrected chi connectivity index (χ3v) is 7.48. The van der Waals surface area contributed by atoms with Crippen molar-refractivity contribution in [3.63, 3.8) is 0 Å². The first-order chi connectivity index (χ1) is 19.5. The highest BCUT2D eigenvalue weighted by atomic mass is 16.7. The highest BCUT2D eigenvalue weighted by Crippen LogP contribution is 2.46. The lowest BCUT2D eigenvalue weighted by molar-refractivity contribution is -0.279. The molecule has 1 aromatic carbocycles. The Hall–Kier alpha value is -1.98. The van der Waals surface area contributed by atoms with Crippen molar-refractivity contribution in [2.45, 2.75) is 120 Å². The van der Waals surface area contributed by atoms with Gasteiger partial charge in [-0.1, -0.05) is 45.4 Å². The number of benzene rings is 1. The average molecular weight is 593 g/mol. The van der Waals surface area contributed by atoms with Gasteiger partial charge < -0.3 is 70.0 Å². The van der Waals surface area contributed by atoms with Gasteiger partial charge in [-0.15, -0.1) is 0 Å². The van der Waals surface area contributed by atoms with Crippen molar-refractivity contribution >= 4 is 0 Å². The summed E-state index contributed by atoms with van der Waals surface area (Å²) < 4.78 is 22.3. The Morgan fingerprint density at radius 3 is 1.44 bits per heavy atom. The van der Waals surface area contributed by atoms with Gasteiger partial charge in [-0.05, 0) is 12.8 Å². The van der Waals surface area contributed by atoms with Crippen LogP contribution < -0.4 is 9.47 Å². The van der Waals surface area contributed by atoms with E-state index in [-0.39, 0.29) is 23.5 Å². The van der Waals surface area contributed by atoms with Crippen LogP contribution in [0.25, 0.3) is 0 Å². The Balaban J connectivity index is 1.92. The highest BCUT2D eigenvalue weighted by molar-refractivity contribution is 5.60. The van der Waals surface area contributed by atoms with Crippen molar-refractivity contribution in [2.75, 3.05) is 13.2 Å². The number of hydrogen-bond donors (Lipinski definition) is 10. The van der Waals surface area contributed by atoms with Crippen LogP contribution in [0.2, 0.25) is 0 Å². The number of phenolic OH excluding ortho intramolecular Hbond substituents is 2. The average Bonchev–Trinajstić information content (AvgIpc) is 2.95. The Kier molecular flexibility index (Phi) is 12.7. The minimum absolute atomic E-state index is 0.0741. The predicted molar refractivity (Wildman–Crippen MR) is 140 cm³/mol. The van der Waals surface area contributed by atoms with Gasteiger partial charge >= 0.3 is 0 Å². The van der Waals surface area contributed by atoms with Crippen molar-refractivity contribution < 1.29 is 70.0 Å². The molecule has 2 saturated heterocycles. The van der Waals surface area contributed by atoms with Crippen LogP contribution >= 0.6 is 0 Å². The molecule has 0 bridgehead atoms. The van der Waals surface area contributed by atoms with Gasteiger partial charge in [0.1, 0.15) is 48.8 Å². The molecule has 0 aromatic heterocycles. The number of phenols is 2. The van der Waals surface area contributed by atoms with Crippen molar-refractivity contribution in [2.24, 2.45) is 0 Å². The minimum Gasteiger partial charge on any atom is -0.504 e. The monoisotopic (exact) mass is 592 g/mol. The summed E-state index contributed by atoms with van der Waals surface area (Å²) in [5, 5.41) is 102. The van der Waals surface area contributed by atoms with Crippen LogP contribution in [0.15, 0.2) is 6.07 Å². The summed E-state index contributed by atoms with van der Waals surface area (Å²) >= 11 is 0. The molecule has 10 unspecified atom stereocenters. The summed E-state index contributed by atoms with van der Waals surface area (Å²) in [6, 6.07) is 0.868. The van der Waals surface area contributed by atoms with Crippen LogP contribution in [-0.2, 0) is 15.9 Å². The molecule has 10 atom stereocenters. The molecule has 2 aliphatic rings. The van der Waals surface area contributed by atoms with Gasteiger partial charge in [-0.25, -0.2) is 0 Å². The summed E-state index contributed by atoms with van der Waals surface area (Å²) in [7, 11) is 0. The fourth-order valence-corrected chi connectivity index (χ4v) is 4.98. The summed E-state index contributed by atoms with van der Waals surface area (Å²) in [5.74, 6) is -1.78. The van der Waals surface area contributed by atoms with Gasteiger partial charge in [-0.3, -0.25) is 0 Å². The van der Waals surface area contributed by atoms with Crippen molar-refractivity contribution in [1.29, 1.82) is 0 Å². The number of ether oxygens (including phenoxy) is 4. The molecular formula is C27H44O14. The summed E-state index contributed by atoms with van der Waals surface area (Å²) in [4.78, 5) is 0. The molecule has 14 nitrogen and oxygen atoms in total. The number of rotatable bonds is 14. The second-order valence-corrected chi connectivity index (χ2v) is 10.6. The fraction of sp³-hybridized carbons (Fsp3) is 0.778. The van der Waals surface area contributed by atoms with Gasteiger partial charge in [-0.2, -0.15) is 0 Å². The van der Waals surface area contributed by atoms with Crippen LogP contribution in [0.4, 0.5) is 0 Å². The lowest BCUT2D eigenvalue weighted by Crippen LogP contribution is -2.60. The Morgan fingerprint density at radius 1 is 0.610 bits per heavy atom. The van der Waals surface area contributed by atoms with E-state index in [0.717, 1.165) is 44.6 Å². The molecule has 0 spiro atoms. The zero-order valence-corrected chi connectivity index (χ0v) is 23.0. The molecule has 1 aromatic rings. The maximum atomic E-state index is 10.7. The SMILES string of the molecule is CCCCCCCCCc1c(OC2OC(CO)C(O)C(O)C2O)c(O)cc(O)c1OC1OC(CO)C(O)C(O)C1O. The molecule has 3 rings (SSSR count). The molecular weight excluding hydrogens is 548 g/mol. The molecule has 236 valence electrons. The molecule has 0 saturated carbocycles. The maximum absolute atomic E-state index is 10.7. The van der Waals surface area contributed by atoms with Gasteiger partial charge in [0.15, 0.2) is 23.0 Å². The number of unbranched alkanes of at least 4 members (excludes halogenated alkanes) is 6. The van der Waals surface area contributed by atoms with Crippen molar-refractivity contribution in [3.8, 4) is 23.0 Å². The van der Waals surface area contributed by atoms with E-state index in [4.69, 9.17) is 18.9 Å². The third-order valence-electron chi connectivity index (χ3n) is 7.48. The molecule has 0 aliphatic carbocycles. The van der Waals surface area contributed by atoms with Crippen LogP contribution in [-0.4, -0.2) is 126 Å². The van der Waals surface area contributed by atoms with E-state index in [9.17, 15) is 51.1 Å². The fourth-order valence-electron chi connectivity index (χ4n) is 4.98. The second-order valence-electron chi connectivity index (χ2n) is 10.6. The van der Waals surface area contributed by atoms with Crippen molar-refractivity contribution in [1.82, 2.24) is 0 Å². The van der Waals surface area contributed by atoms with E-state index >= 15 is 0 Å². The van der Waals surface area contributed by atoms with Gasteiger partial charge in [0.2, 0.25) is 12.6 Å². The summed E-state index contributed by atoms with van der Waals surface area (Å²) in [6.45, 7) is 0.702. The third kappa shape index (κ3) is 7.90. The summed E-state index contributed by atoms with van der Waals surface area (Å²) in [6.07, 6.45) is -9.56. The van der Waals surface area contributed by atoms with Crippen molar-refractivity contribution in [3.05, 3.63) is 11.6 Å². The smallest absolute Gasteiger partial charge is 0.229 e. The summed E-state index contributed by atoms with van der Waals surface area (Å²) in [5.41, 5.74) is 0.0741. The van der Waals surface area contributed by atoms with E-state index in [2.05, 4.69) is 6.92 Å². The number of hydrogen-bond acceptors (Lipinski definition) is 14. The van der Waals surface area contributed by atoms with Gasteiger partial charge in [0.25, 0.3) is 0 Å². The first-order valence-corrected chi connectivity index (χ1v) is 14.1. The molecule has 14 heteroatoms. The van der Waals surface area contributed by atoms with E-state index in [1.165, 1.54) is 0 Å². The normalized spacial score (nSPS) is 34.0. The van der Waals surface area contributed by atoms with Crippen LogP contribution in [0.5, 0.6) is 23.0 Å². The van der Waals surface area contributed by atoms with E-state index in [1.807, 2.05) is 0 Å². The van der Waals surface area contributed by atoms with Gasteiger partial charge in [0.05, 0.1) is 13.2 Å². The van der Waals surface area contributed by atoms with Crippen LogP contribution in [0.3, 0.4) is 0 Å². The Bertz CT molecular complexity index is 881. The molecule has 2 aliphatic heterocycles. The zero-order chi connectivity index (χ0) is 30.3. The molecule has 0 radical (unpaired) electrons. The highest BCUT2D eigenvalue weighted by Gasteiger charge is 2.47. The lowest BCUT2D eigenvalue weighted by Gasteiger charge is -2.40. The maximum Gasteiger partial charge on any atom is 0.229 e. The largest absolute Gasteiger partial charge is 0.504 e. The molecule has 2 fully saturated rings. The molecule has 41 heavy (non-hydrogen) atoms.